The van der Waals surface area contributed by atoms with E-state index in [0.717, 1.165) is 123 Å². The molecule has 0 saturated heterocycles. The minimum atomic E-state index is -0.456. The largest absolute Gasteiger partial charge is 0.247 e. The second kappa shape index (κ2) is 30.5. The zero-order chi connectivity index (χ0) is 84.4. The number of fused-ring (bicyclic) bond motifs is 26. The number of hydrogen-bond acceptors (Lipinski definition) is 8. The molecular formula is C120H74N6S2. The Balaban J connectivity index is 0.000000139. The van der Waals surface area contributed by atoms with Gasteiger partial charge in [0.2, 0.25) is 0 Å². The molecule has 128 heavy (non-hydrogen) atoms. The third kappa shape index (κ3) is 12.0. The highest BCUT2D eigenvalue weighted by Crippen LogP contribution is 2.66. The molecule has 0 atom stereocenters. The summed E-state index contributed by atoms with van der Waals surface area (Å²) in [6.07, 6.45) is 0. The van der Waals surface area contributed by atoms with Crippen molar-refractivity contribution in [1.82, 2.24) is 29.9 Å². The van der Waals surface area contributed by atoms with Crippen molar-refractivity contribution in [1.29, 1.82) is 0 Å². The van der Waals surface area contributed by atoms with Gasteiger partial charge in [0.05, 0.1) is 56.0 Å². The molecule has 2 aliphatic heterocycles. The maximum absolute atomic E-state index is 5.45. The first-order valence-corrected chi connectivity index (χ1v) is 45.2. The van der Waals surface area contributed by atoms with E-state index in [0.29, 0.717) is 11.6 Å². The van der Waals surface area contributed by atoms with Crippen LogP contribution in [0.4, 0.5) is 0 Å². The summed E-state index contributed by atoms with van der Waals surface area (Å²) in [5.41, 5.74) is 35.3. The predicted octanol–water partition coefficient (Wildman–Crippen LogP) is 30.7. The molecule has 6 heterocycles. The van der Waals surface area contributed by atoms with E-state index in [9.17, 15) is 0 Å². The highest BCUT2D eigenvalue weighted by molar-refractivity contribution is 7.99. The second-order valence-corrected chi connectivity index (χ2v) is 35.4. The molecule has 4 aromatic heterocycles. The molecule has 2 spiro atoms. The summed E-state index contributed by atoms with van der Waals surface area (Å²) < 4.78 is 0. The number of nitrogens with zero attached hydrogens (tertiary/aromatic N) is 6. The van der Waals surface area contributed by atoms with E-state index in [2.05, 4.69) is 394 Å². The van der Waals surface area contributed by atoms with Gasteiger partial charge in [0.15, 0.2) is 11.6 Å². The molecule has 2 aliphatic carbocycles. The van der Waals surface area contributed by atoms with E-state index in [1.165, 1.54) is 108 Å². The zero-order valence-corrected chi connectivity index (χ0v) is 70.9. The number of para-hydroxylation sites is 2. The Morgan fingerprint density at radius 2 is 0.461 bits per heavy atom. The molecule has 4 aliphatic rings. The third-order valence-electron chi connectivity index (χ3n) is 26.3. The summed E-state index contributed by atoms with van der Waals surface area (Å²) in [4.78, 5) is 36.4. The summed E-state index contributed by atoms with van der Waals surface area (Å²) in [5, 5.41) is 7.12. The summed E-state index contributed by atoms with van der Waals surface area (Å²) in [5.74, 6) is 1.40. The van der Waals surface area contributed by atoms with Crippen LogP contribution in [-0.2, 0) is 10.8 Å². The molecule has 596 valence electrons. The molecule has 18 aromatic carbocycles. The normalized spacial score (nSPS) is 13.1. The third-order valence-corrected chi connectivity index (χ3v) is 28.6. The van der Waals surface area contributed by atoms with E-state index in [1.807, 2.05) is 78.1 Å². The Kier molecular flexibility index (Phi) is 17.8. The fourth-order valence-corrected chi connectivity index (χ4v) is 23.1. The molecule has 22 aromatic rings. The fourth-order valence-electron chi connectivity index (χ4n) is 20.7. The number of benzene rings is 18. The number of hydrogen-bond donors (Lipinski definition) is 0. The van der Waals surface area contributed by atoms with Crippen molar-refractivity contribution in [2.45, 2.75) is 30.4 Å². The van der Waals surface area contributed by atoms with E-state index in [1.54, 1.807) is 0 Å². The van der Waals surface area contributed by atoms with Crippen LogP contribution in [-0.4, -0.2) is 29.9 Å². The van der Waals surface area contributed by atoms with Crippen molar-refractivity contribution < 1.29 is 0 Å². The van der Waals surface area contributed by atoms with Crippen molar-refractivity contribution in [3.63, 3.8) is 0 Å². The van der Waals surface area contributed by atoms with E-state index >= 15 is 0 Å². The van der Waals surface area contributed by atoms with Crippen LogP contribution >= 0.6 is 23.5 Å². The molecule has 0 fully saturated rings. The van der Waals surface area contributed by atoms with Crippen molar-refractivity contribution >= 4 is 66.9 Å². The minimum absolute atomic E-state index is 0.442. The van der Waals surface area contributed by atoms with Crippen LogP contribution in [0.15, 0.2) is 468 Å². The van der Waals surface area contributed by atoms with Gasteiger partial charge in [-0.15, -0.1) is 0 Å². The topological polar surface area (TPSA) is 77.3 Å². The van der Waals surface area contributed by atoms with Gasteiger partial charge in [-0.25, -0.2) is 29.9 Å². The van der Waals surface area contributed by atoms with Crippen molar-refractivity contribution in [2.75, 3.05) is 0 Å². The Morgan fingerprint density at radius 3 is 0.867 bits per heavy atom. The maximum atomic E-state index is 5.45. The molecule has 26 rings (SSSR count). The standard InChI is InChI=1S/2C60H37N3S/c1-3-16-38(17-4-1)42-20-15-21-43(36-42)53-37-52(62-59(63-53)41-18-5-2-6-19-41)39-30-32-40(33-31-39)58-46-34-35-50-57(56(46)45-23-8-12-27-51(45)61-58)44-22-7-9-24-47(44)60(50)48-25-10-13-28-54(48)64-55-29-14-11-26-49(55)60;1-3-15-40(16-4-1)52-37-53(63-59(62-52)43-17-5-2-6-18-43)41-31-27-38(28-32-41)39-29-33-42(34-30-39)58-46-35-36-50-57(56(46)45-20-8-12-24-51(45)61-58)44-19-7-9-21-47(44)60(50)48-22-10-13-25-54(48)64-55-26-14-11-23-49(55)60/h2*1-37H. The predicted molar refractivity (Wildman–Crippen MR) is 527 cm³/mol. The van der Waals surface area contributed by atoms with Crippen LogP contribution in [0.2, 0.25) is 0 Å². The molecule has 0 radical (unpaired) electrons. The summed E-state index contributed by atoms with van der Waals surface area (Å²) in [7, 11) is 0. The van der Waals surface area contributed by atoms with Gasteiger partial charge in [-0.1, -0.05) is 418 Å². The monoisotopic (exact) mass is 1660 g/mol. The summed E-state index contributed by atoms with van der Waals surface area (Å²) >= 11 is 3.76. The first-order chi connectivity index (χ1) is 63.4. The smallest absolute Gasteiger partial charge is 0.160 e. The SMILES string of the molecule is c1ccc(-c2cc(-c3ccc(-c4ccc(-c5nc6ccccc6c6c7c(ccc56)C5(c6ccccc6Sc6ccccc65)c5ccccc5-7)cc4)cc3)nc(-c3ccccc3)n2)cc1.c1ccc(-c2cccc(-c3cc(-c4ccc(-c5nc6ccccc6c6c7c(ccc56)C5(c6ccccc6Sc6ccccc65)c5ccccc5-7)cc4)nc(-c4ccccc4)n3)c2)cc1. The molecule has 8 heteroatoms. The lowest BCUT2D eigenvalue weighted by Crippen LogP contribution is -2.31. The highest BCUT2D eigenvalue weighted by Gasteiger charge is 2.53. The minimum Gasteiger partial charge on any atom is -0.247 e. The Morgan fingerprint density at radius 1 is 0.172 bits per heavy atom. The van der Waals surface area contributed by atoms with E-state index < -0.39 is 10.8 Å². The van der Waals surface area contributed by atoms with Crippen molar-refractivity contribution in [2.24, 2.45) is 0 Å². The van der Waals surface area contributed by atoms with Crippen LogP contribution in [0.5, 0.6) is 0 Å². The summed E-state index contributed by atoms with van der Waals surface area (Å²) in [6, 6.07) is 162. The lowest BCUT2D eigenvalue weighted by molar-refractivity contribution is 0.723. The molecule has 0 saturated carbocycles. The van der Waals surface area contributed by atoms with Gasteiger partial charge in [0.1, 0.15) is 0 Å². The Bertz CT molecular complexity index is 8080. The van der Waals surface area contributed by atoms with E-state index in [-0.39, 0.29) is 0 Å². The molecule has 0 N–H and O–H groups in total. The first-order valence-electron chi connectivity index (χ1n) is 43.5. The first kappa shape index (κ1) is 74.8. The van der Waals surface area contributed by atoms with Gasteiger partial charge >= 0.3 is 0 Å². The highest BCUT2D eigenvalue weighted by atomic mass is 32.2. The second-order valence-electron chi connectivity index (χ2n) is 33.3. The number of rotatable bonds is 10. The van der Waals surface area contributed by atoms with Crippen LogP contribution in [0, 0.1) is 0 Å². The molecule has 0 amide bonds. The van der Waals surface area contributed by atoms with Crippen LogP contribution in [0.25, 0.3) is 178 Å². The molecule has 0 bridgehead atoms. The van der Waals surface area contributed by atoms with Crippen LogP contribution < -0.4 is 0 Å². The maximum Gasteiger partial charge on any atom is 0.160 e. The lowest BCUT2D eigenvalue weighted by Gasteiger charge is -2.39. The number of pyridine rings is 2. The average molecular weight is 1660 g/mol. The van der Waals surface area contributed by atoms with Gasteiger partial charge in [-0.2, -0.15) is 0 Å². The van der Waals surface area contributed by atoms with Gasteiger partial charge in [-0.3, -0.25) is 0 Å². The quantitative estimate of drug-likeness (QED) is 0.125. The average Bonchev–Trinajstić information content (AvgIpc) is 1.21. The lowest BCUT2D eigenvalue weighted by atomic mass is 9.67. The number of aromatic nitrogens is 6. The van der Waals surface area contributed by atoms with Gasteiger partial charge < -0.3 is 0 Å². The van der Waals surface area contributed by atoms with Gasteiger partial charge in [0.25, 0.3) is 0 Å². The van der Waals surface area contributed by atoms with Crippen molar-refractivity contribution in [3.8, 4) is 135 Å². The zero-order valence-electron chi connectivity index (χ0n) is 69.2. The molecule has 6 nitrogen and oxygen atoms in total. The van der Waals surface area contributed by atoms with Gasteiger partial charge in [-0.05, 0) is 144 Å². The summed E-state index contributed by atoms with van der Waals surface area (Å²) in [6.45, 7) is 0. The van der Waals surface area contributed by atoms with Crippen molar-refractivity contribution in [3.05, 3.63) is 493 Å². The molecule has 0 unspecified atom stereocenters. The van der Waals surface area contributed by atoms with E-state index in [4.69, 9.17) is 29.9 Å². The van der Waals surface area contributed by atoms with Crippen LogP contribution in [0.3, 0.4) is 0 Å². The Hall–Kier alpha value is -15.8. The van der Waals surface area contributed by atoms with Crippen LogP contribution in [0.1, 0.15) is 44.5 Å². The Labute approximate surface area is 749 Å². The van der Waals surface area contributed by atoms with Gasteiger partial charge in [0, 0.05) is 96.4 Å². The molecular weight excluding hydrogens is 1590 g/mol. The fraction of sp³-hybridized carbons (Fsp3) is 0.0167.